The van der Waals surface area contributed by atoms with E-state index in [0.29, 0.717) is 0 Å². The van der Waals surface area contributed by atoms with Crippen LogP contribution in [0.2, 0.25) is 0 Å². The number of hydrogen-bond acceptors (Lipinski definition) is 5. The highest BCUT2D eigenvalue weighted by Crippen LogP contribution is 2.20. The molecule has 0 fully saturated rings. The van der Waals surface area contributed by atoms with Crippen molar-refractivity contribution in [3.05, 3.63) is 69.8 Å². The summed E-state index contributed by atoms with van der Waals surface area (Å²) in [5, 5.41) is 19.6. The number of nitro groups is 1. The predicted molar refractivity (Wildman–Crippen MR) is 71.5 cm³/mol. The Morgan fingerprint density at radius 3 is 2.24 bits per heavy atom. The largest absolute Gasteiger partial charge is 0.478 e. The Balaban J connectivity index is 2.22. The van der Waals surface area contributed by atoms with Crippen LogP contribution in [0.3, 0.4) is 0 Å². The lowest BCUT2D eigenvalue weighted by molar-refractivity contribution is -0.385. The van der Waals surface area contributed by atoms with Gasteiger partial charge in [-0.05, 0) is 30.3 Å². The molecular weight excluding hydrogens is 278 g/mol. The number of esters is 1. The summed E-state index contributed by atoms with van der Waals surface area (Å²) in [4.78, 5) is 32.8. The molecule has 0 saturated heterocycles. The first kappa shape index (κ1) is 14.2. The average Bonchev–Trinajstić information content (AvgIpc) is 2.47. The summed E-state index contributed by atoms with van der Waals surface area (Å²) in [7, 11) is 0. The summed E-state index contributed by atoms with van der Waals surface area (Å²) in [5.74, 6) is -1.89. The molecule has 7 nitrogen and oxygen atoms in total. The number of carboxylic acids is 1. The third-order valence-corrected chi connectivity index (χ3v) is 2.63. The van der Waals surface area contributed by atoms with Gasteiger partial charge in [0.25, 0.3) is 5.69 Å². The van der Waals surface area contributed by atoms with Crippen LogP contribution >= 0.6 is 0 Å². The van der Waals surface area contributed by atoms with Crippen molar-refractivity contribution >= 4 is 17.6 Å². The molecule has 21 heavy (non-hydrogen) atoms. The number of ether oxygens (including phenoxy) is 1. The minimum absolute atomic E-state index is 0.0421. The number of carboxylic acid groups (broad SMARTS) is 1. The van der Waals surface area contributed by atoms with Gasteiger partial charge in [0.05, 0.1) is 10.5 Å². The van der Waals surface area contributed by atoms with Crippen LogP contribution in [0.4, 0.5) is 5.69 Å². The van der Waals surface area contributed by atoms with E-state index in [1.165, 1.54) is 48.5 Å². The van der Waals surface area contributed by atoms with Gasteiger partial charge in [-0.1, -0.05) is 12.1 Å². The topological polar surface area (TPSA) is 107 Å². The number of carbonyl (C=O) groups excluding carboxylic acids is 1. The molecule has 0 atom stereocenters. The number of carbonyl (C=O) groups is 2. The lowest BCUT2D eigenvalue weighted by Crippen LogP contribution is -2.11. The van der Waals surface area contributed by atoms with Crippen molar-refractivity contribution in [3.63, 3.8) is 0 Å². The van der Waals surface area contributed by atoms with Crippen molar-refractivity contribution in [1.82, 2.24) is 0 Å². The zero-order chi connectivity index (χ0) is 15.4. The Labute approximate surface area is 118 Å². The number of rotatable bonds is 4. The molecule has 1 N–H and O–H groups in total. The molecule has 7 heteroatoms. The van der Waals surface area contributed by atoms with E-state index in [9.17, 15) is 19.7 Å². The van der Waals surface area contributed by atoms with Gasteiger partial charge >= 0.3 is 11.9 Å². The number of para-hydroxylation sites is 1. The average molecular weight is 287 g/mol. The summed E-state index contributed by atoms with van der Waals surface area (Å²) < 4.78 is 4.99. The third kappa shape index (κ3) is 3.21. The zero-order valence-corrected chi connectivity index (χ0v) is 10.6. The van der Waals surface area contributed by atoms with Crippen LogP contribution in [0, 0.1) is 10.1 Å². The molecule has 0 heterocycles. The van der Waals surface area contributed by atoms with E-state index in [4.69, 9.17) is 9.84 Å². The Morgan fingerprint density at radius 2 is 1.67 bits per heavy atom. The summed E-state index contributed by atoms with van der Waals surface area (Å²) in [6.45, 7) is 0. The minimum atomic E-state index is -1.11. The molecule has 0 aromatic heterocycles. The maximum atomic E-state index is 11.9. The number of nitro benzene ring substituents is 1. The third-order valence-electron chi connectivity index (χ3n) is 2.63. The molecule has 0 bridgehead atoms. The molecule has 2 aromatic rings. The van der Waals surface area contributed by atoms with Crippen molar-refractivity contribution in [3.8, 4) is 5.75 Å². The number of benzene rings is 2. The molecular formula is C14H9NO6. The van der Waals surface area contributed by atoms with Crippen LogP contribution in [-0.2, 0) is 0 Å². The fourth-order valence-corrected chi connectivity index (χ4v) is 1.63. The Bertz CT molecular complexity index is 708. The van der Waals surface area contributed by atoms with Gasteiger partial charge in [0.2, 0.25) is 0 Å². The van der Waals surface area contributed by atoms with Crippen molar-refractivity contribution in [2.45, 2.75) is 0 Å². The van der Waals surface area contributed by atoms with Crippen molar-refractivity contribution < 1.29 is 24.4 Å². The quantitative estimate of drug-likeness (QED) is 0.400. The summed E-state index contributed by atoms with van der Waals surface area (Å²) in [6.07, 6.45) is 0. The number of hydrogen-bond donors (Lipinski definition) is 1. The highest BCUT2D eigenvalue weighted by Gasteiger charge is 2.21. The molecule has 0 saturated carbocycles. The van der Waals surface area contributed by atoms with E-state index in [1.54, 1.807) is 0 Å². The second-order valence-corrected chi connectivity index (χ2v) is 3.99. The number of aromatic carboxylic acids is 1. The van der Waals surface area contributed by atoms with Gasteiger partial charge in [0.15, 0.2) is 0 Å². The lowest BCUT2D eigenvalue weighted by atomic mass is 10.2. The Kier molecular flexibility index (Phi) is 3.94. The maximum absolute atomic E-state index is 11.9. The summed E-state index contributed by atoms with van der Waals surface area (Å²) in [5.41, 5.74) is -0.491. The fraction of sp³-hybridized carbons (Fsp3) is 0. The molecule has 0 spiro atoms. The van der Waals surface area contributed by atoms with E-state index >= 15 is 0 Å². The van der Waals surface area contributed by atoms with E-state index in [0.717, 1.165) is 0 Å². The normalized spacial score (nSPS) is 9.90. The molecule has 2 rings (SSSR count). The highest BCUT2D eigenvalue weighted by atomic mass is 16.6. The van der Waals surface area contributed by atoms with Crippen molar-refractivity contribution in [2.75, 3.05) is 0 Å². The second-order valence-electron chi connectivity index (χ2n) is 3.99. The Hall–Kier alpha value is -3.22. The van der Waals surface area contributed by atoms with E-state index in [-0.39, 0.29) is 22.6 Å². The monoisotopic (exact) mass is 287 g/mol. The number of nitrogens with zero attached hydrogens (tertiary/aromatic N) is 1. The first-order chi connectivity index (χ1) is 9.99. The van der Waals surface area contributed by atoms with Crippen LogP contribution in [0.1, 0.15) is 20.7 Å². The minimum Gasteiger partial charge on any atom is -0.478 e. The molecule has 0 radical (unpaired) electrons. The van der Waals surface area contributed by atoms with E-state index in [2.05, 4.69) is 0 Å². The van der Waals surface area contributed by atoms with Gasteiger partial charge in [-0.3, -0.25) is 10.1 Å². The van der Waals surface area contributed by atoms with Crippen LogP contribution in [0.15, 0.2) is 48.5 Å². The molecule has 0 aliphatic rings. The van der Waals surface area contributed by atoms with E-state index in [1.807, 2.05) is 0 Å². The summed E-state index contributed by atoms with van der Waals surface area (Å²) in [6, 6.07) is 10.5. The first-order valence-electron chi connectivity index (χ1n) is 5.78. The predicted octanol–water partition coefficient (Wildman–Crippen LogP) is 2.51. The van der Waals surface area contributed by atoms with Crippen LogP contribution in [-0.4, -0.2) is 22.0 Å². The maximum Gasteiger partial charge on any atom is 0.350 e. The van der Waals surface area contributed by atoms with Crippen LogP contribution in [0.5, 0.6) is 5.75 Å². The molecule has 2 aromatic carbocycles. The van der Waals surface area contributed by atoms with Gasteiger partial charge in [-0.25, -0.2) is 9.59 Å². The van der Waals surface area contributed by atoms with Gasteiger partial charge in [0.1, 0.15) is 11.3 Å². The molecule has 0 aliphatic carbocycles. The standard InChI is InChI=1S/C14H9NO6/c16-13(17)9-5-7-10(8-6-9)21-14(18)11-3-1-2-4-12(11)15(19)20/h1-8H,(H,16,17). The van der Waals surface area contributed by atoms with Crippen molar-refractivity contribution in [1.29, 1.82) is 0 Å². The fourth-order valence-electron chi connectivity index (χ4n) is 1.63. The van der Waals surface area contributed by atoms with Crippen LogP contribution < -0.4 is 4.74 Å². The SMILES string of the molecule is O=C(O)c1ccc(OC(=O)c2ccccc2[N+](=O)[O-])cc1. The summed E-state index contributed by atoms with van der Waals surface area (Å²) >= 11 is 0. The van der Waals surface area contributed by atoms with Crippen molar-refractivity contribution in [2.24, 2.45) is 0 Å². The lowest BCUT2D eigenvalue weighted by Gasteiger charge is -2.05. The van der Waals surface area contributed by atoms with Gasteiger partial charge in [-0.2, -0.15) is 0 Å². The molecule has 0 aliphatic heterocycles. The van der Waals surface area contributed by atoms with Gasteiger partial charge < -0.3 is 9.84 Å². The first-order valence-corrected chi connectivity index (χ1v) is 5.78. The molecule has 106 valence electrons. The molecule has 0 unspecified atom stereocenters. The van der Waals surface area contributed by atoms with Crippen LogP contribution in [0.25, 0.3) is 0 Å². The van der Waals surface area contributed by atoms with E-state index < -0.39 is 16.9 Å². The van der Waals surface area contributed by atoms with Gasteiger partial charge in [0, 0.05) is 6.07 Å². The Morgan fingerprint density at radius 1 is 1.05 bits per heavy atom. The highest BCUT2D eigenvalue weighted by molar-refractivity contribution is 5.95. The smallest absolute Gasteiger partial charge is 0.350 e. The van der Waals surface area contributed by atoms with Gasteiger partial charge in [-0.15, -0.1) is 0 Å². The zero-order valence-electron chi connectivity index (χ0n) is 10.6. The molecule has 0 amide bonds. The second kappa shape index (κ2) is 5.83.